The van der Waals surface area contributed by atoms with Gasteiger partial charge in [0.05, 0.1) is 16.8 Å². The third-order valence-corrected chi connectivity index (χ3v) is 6.03. The van der Waals surface area contributed by atoms with E-state index >= 15 is 0 Å². The molecule has 0 unspecified atom stereocenters. The molecule has 1 saturated heterocycles. The average Bonchev–Trinajstić information content (AvgIpc) is 2.82. The van der Waals surface area contributed by atoms with Gasteiger partial charge < -0.3 is 10.2 Å². The van der Waals surface area contributed by atoms with Crippen LogP contribution in [-0.4, -0.2) is 24.0 Å². The molecule has 0 bridgehead atoms. The Labute approximate surface area is 181 Å². The number of amides is 1. The minimum atomic E-state index is -0.308. The zero-order valence-electron chi connectivity index (χ0n) is 17.6. The van der Waals surface area contributed by atoms with E-state index < -0.39 is 0 Å². The van der Waals surface area contributed by atoms with E-state index in [4.69, 9.17) is 0 Å². The maximum absolute atomic E-state index is 13.8. The van der Waals surface area contributed by atoms with Crippen LogP contribution in [0.25, 0.3) is 10.9 Å². The van der Waals surface area contributed by atoms with Crippen molar-refractivity contribution in [1.29, 1.82) is 5.26 Å². The van der Waals surface area contributed by atoms with Crippen LogP contribution in [0.15, 0.2) is 48.7 Å². The average molecular weight is 417 g/mol. The fraction of sp³-hybridized carbons (Fsp3) is 0.320. The number of pyridine rings is 1. The van der Waals surface area contributed by atoms with Crippen LogP contribution in [0.4, 0.5) is 10.1 Å². The number of nitrogens with one attached hydrogen (secondary N) is 1. The van der Waals surface area contributed by atoms with Crippen molar-refractivity contribution in [2.45, 2.75) is 32.7 Å². The lowest BCUT2D eigenvalue weighted by molar-refractivity contribution is -0.125. The molecule has 158 valence electrons. The van der Waals surface area contributed by atoms with Gasteiger partial charge in [-0.3, -0.25) is 9.78 Å². The van der Waals surface area contributed by atoms with Crippen LogP contribution < -0.4 is 10.2 Å². The van der Waals surface area contributed by atoms with Gasteiger partial charge in [-0.05, 0) is 43.0 Å². The molecule has 1 amide bonds. The van der Waals surface area contributed by atoms with Crippen molar-refractivity contribution in [3.63, 3.8) is 0 Å². The first-order valence-corrected chi connectivity index (χ1v) is 10.7. The molecule has 2 heterocycles. The number of nitriles is 1. The first-order valence-electron chi connectivity index (χ1n) is 10.7. The minimum absolute atomic E-state index is 0.0451. The Morgan fingerprint density at radius 2 is 2.03 bits per heavy atom. The molecule has 1 N–H and O–H groups in total. The number of carbonyl (C=O) groups is 1. The summed E-state index contributed by atoms with van der Waals surface area (Å²) in [6.07, 6.45) is 3.92. The van der Waals surface area contributed by atoms with Crippen LogP contribution >= 0.6 is 0 Å². The number of hydrogen-bond acceptors (Lipinski definition) is 4. The maximum Gasteiger partial charge on any atom is 0.223 e. The van der Waals surface area contributed by atoms with E-state index in [0.29, 0.717) is 37.1 Å². The largest absolute Gasteiger partial charge is 0.370 e. The van der Waals surface area contributed by atoms with Gasteiger partial charge in [0.2, 0.25) is 5.91 Å². The van der Waals surface area contributed by atoms with Gasteiger partial charge in [-0.15, -0.1) is 0 Å². The molecule has 5 nitrogen and oxygen atoms in total. The highest BCUT2D eigenvalue weighted by Crippen LogP contribution is 2.33. The number of nitrogens with zero attached hydrogens (tertiary/aromatic N) is 3. The van der Waals surface area contributed by atoms with Crippen LogP contribution in [0.2, 0.25) is 0 Å². The van der Waals surface area contributed by atoms with Gasteiger partial charge in [0.15, 0.2) is 0 Å². The van der Waals surface area contributed by atoms with Gasteiger partial charge in [-0.2, -0.15) is 5.26 Å². The predicted octanol–water partition coefficient (Wildman–Crippen LogP) is 4.34. The fourth-order valence-electron chi connectivity index (χ4n) is 4.20. The molecule has 0 radical (unpaired) electrons. The summed E-state index contributed by atoms with van der Waals surface area (Å²) in [4.78, 5) is 19.3. The molecule has 1 fully saturated rings. The molecule has 1 aromatic heterocycles. The molecule has 0 saturated carbocycles. The SMILES string of the molecule is CCc1ccc2ncc(C#N)c(N3CCC(C(=O)NCc4ccccc4F)CC3)c2c1. The van der Waals surface area contributed by atoms with Crippen LogP contribution in [0.5, 0.6) is 0 Å². The molecule has 0 aliphatic carbocycles. The molecule has 4 rings (SSSR count). The van der Waals surface area contributed by atoms with Crippen molar-refractivity contribution in [3.05, 3.63) is 71.2 Å². The number of piperidine rings is 1. The molecule has 0 atom stereocenters. The van der Waals surface area contributed by atoms with Gasteiger partial charge in [0, 0.05) is 42.7 Å². The second kappa shape index (κ2) is 9.13. The molecule has 1 aliphatic heterocycles. The van der Waals surface area contributed by atoms with E-state index in [0.717, 1.165) is 23.0 Å². The van der Waals surface area contributed by atoms with Crippen LogP contribution in [0, 0.1) is 23.1 Å². The van der Waals surface area contributed by atoms with E-state index in [1.807, 2.05) is 6.07 Å². The van der Waals surface area contributed by atoms with Crippen molar-refractivity contribution in [3.8, 4) is 6.07 Å². The lowest BCUT2D eigenvalue weighted by Gasteiger charge is -2.34. The third kappa shape index (κ3) is 4.36. The number of hydrogen-bond donors (Lipinski definition) is 1. The number of halogens is 1. The molecule has 1 aliphatic rings. The summed E-state index contributed by atoms with van der Waals surface area (Å²) in [5.74, 6) is -0.471. The van der Waals surface area contributed by atoms with Crippen molar-refractivity contribution < 1.29 is 9.18 Å². The normalized spacial score (nSPS) is 14.4. The Balaban J connectivity index is 1.47. The van der Waals surface area contributed by atoms with Crippen LogP contribution in [0.3, 0.4) is 0 Å². The van der Waals surface area contributed by atoms with Crippen molar-refractivity contribution in [1.82, 2.24) is 10.3 Å². The van der Waals surface area contributed by atoms with E-state index in [9.17, 15) is 14.4 Å². The van der Waals surface area contributed by atoms with E-state index in [2.05, 4.69) is 40.3 Å². The molecule has 2 aromatic carbocycles. The number of fused-ring (bicyclic) bond motifs is 1. The fourth-order valence-corrected chi connectivity index (χ4v) is 4.20. The first kappa shape index (κ1) is 20.8. The molecular formula is C25H25FN4O. The van der Waals surface area contributed by atoms with Crippen LogP contribution in [0.1, 0.15) is 36.5 Å². The minimum Gasteiger partial charge on any atom is -0.370 e. The van der Waals surface area contributed by atoms with Crippen LogP contribution in [-0.2, 0) is 17.8 Å². The highest BCUT2D eigenvalue weighted by molar-refractivity contribution is 5.95. The van der Waals surface area contributed by atoms with E-state index in [1.165, 1.54) is 11.6 Å². The highest BCUT2D eigenvalue weighted by Gasteiger charge is 2.27. The lowest BCUT2D eigenvalue weighted by Crippen LogP contribution is -2.40. The number of benzene rings is 2. The topological polar surface area (TPSA) is 69.0 Å². The Bertz CT molecular complexity index is 1150. The number of anilines is 1. The summed E-state index contributed by atoms with van der Waals surface area (Å²) >= 11 is 0. The molecule has 6 heteroatoms. The molecule has 0 spiro atoms. The second-order valence-corrected chi connectivity index (χ2v) is 7.91. The quantitative estimate of drug-likeness (QED) is 0.672. The number of rotatable bonds is 5. The molecule has 3 aromatic rings. The summed E-state index contributed by atoms with van der Waals surface area (Å²) in [5.41, 5.74) is 4.03. The Morgan fingerprint density at radius 1 is 1.26 bits per heavy atom. The van der Waals surface area contributed by atoms with Crippen molar-refractivity contribution in [2.24, 2.45) is 5.92 Å². The first-order chi connectivity index (χ1) is 15.1. The van der Waals surface area contributed by atoms with Gasteiger partial charge >= 0.3 is 0 Å². The third-order valence-electron chi connectivity index (χ3n) is 6.03. The van der Waals surface area contributed by atoms with Crippen molar-refractivity contribution >= 4 is 22.5 Å². The summed E-state index contributed by atoms with van der Waals surface area (Å²) < 4.78 is 13.8. The summed E-state index contributed by atoms with van der Waals surface area (Å²) in [5, 5.41) is 13.5. The smallest absolute Gasteiger partial charge is 0.223 e. The van der Waals surface area contributed by atoms with Crippen molar-refractivity contribution in [2.75, 3.05) is 18.0 Å². The lowest BCUT2D eigenvalue weighted by atomic mass is 9.94. The highest BCUT2D eigenvalue weighted by atomic mass is 19.1. The van der Waals surface area contributed by atoms with Gasteiger partial charge in [-0.25, -0.2) is 4.39 Å². The second-order valence-electron chi connectivity index (χ2n) is 7.91. The summed E-state index contributed by atoms with van der Waals surface area (Å²) in [6.45, 7) is 3.66. The monoisotopic (exact) mass is 416 g/mol. The summed E-state index contributed by atoms with van der Waals surface area (Å²) in [6, 6.07) is 14.9. The Morgan fingerprint density at radius 3 is 2.74 bits per heavy atom. The maximum atomic E-state index is 13.8. The molecular weight excluding hydrogens is 391 g/mol. The van der Waals surface area contributed by atoms with Gasteiger partial charge in [-0.1, -0.05) is 31.2 Å². The summed E-state index contributed by atoms with van der Waals surface area (Å²) in [7, 11) is 0. The number of carbonyl (C=O) groups excluding carboxylic acids is 1. The Hall–Kier alpha value is -3.46. The number of aryl methyl sites for hydroxylation is 1. The Kier molecular flexibility index (Phi) is 6.13. The molecule has 31 heavy (non-hydrogen) atoms. The van der Waals surface area contributed by atoms with Gasteiger partial charge in [0.25, 0.3) is 0 Å². The predicted molar refractivity (Wildman–Crippen MR) is 119 cm³/mol. The van der Waals surface area contributed by atoms with E-state index in [1.54, 1.807) is 24.4 Å². The standard InChI is InChI=1S/C25H25FN4O/c1-2-17-7-8-23-21(13-17)24(20(14-27)16-28-23)30-11-9-18(10-12-30)25(31)29-15-19-5-3-4-6-22(19)26/h3-8,13,16,18H,2,9-12,15H2,1H3,(H,29,31). The zero-order chi connectivity index (χ0) is 21.8. The van der Waals surface area contributed by atoms with E-state index in [-0.39, 0.29) is 24.2 Å². The zero-order valence-corrected chi connectivity index (χ0v) is 17.6. The number of aromatic nitrogens is 1. The van der Waals surface area contributed by atoms with Gasteiger partial charge in [0.1, 0.15) is 11.9 Å².